The van der Waals surface area contributed by atoms with Crippen LogP contribution in [-0.4, -0.2) is 39.3 Å². The quantitative estimate of drug-likeness (QED) is 0.763. The van der Waals surface area contributed by atoms with E-state index in [2.05, 4.69) is 20.4 Å². The molecule has 0 aliphatic rings. The standard InChI is InChI=1S/C10H10N4O3/c15-6-5-12-9(16)10-13-8(14-17-10)7-1-3-11-4-2-7/h1-4,15H,5-6H2,(H,12,16). The molecule has 2 aromatic heterocycles. The van der Waals surface area contributed by atoms with Crippen LogP contribution in [0.25, 0.3) is 11.4 Å². The summed E-state index contributed by atoms with van der Waals surface area (Å²) in [6.45, 7) is 0.00287. The highest BCUT2D eigenvalue weighted by atomic mass is 16.5. The molecule has 2 N–H and O–H groups in total. The molecule has 0 spiro atoms. The summed E-state index contributed by atoms with van der Waals surface area (Å²) < 4.78 is 4.80. The molecule has 2 heterocycles. The maximum Gasteiger partial charge on any atom is 0.316 e. The van der Waals surface area contributed by atoms with Crippen LogP contribution in [0.2, 0.25) is 0 Å². The predicted molar refractivity (Wildman–Crippen MR) is 56.9 cm³/mol. The van der Waals surface area contributed by atoms with Crippen LogP contribution in [0.15, 0.2) is 29.0 Å². The normalized spacial score (nSPS) is 10.2. The summed E-state index contributed by atoms with van der Waals surface area (Å²) in [7, 11) is 0. The molecule has 88 valence electrons. The maximum absolute atomic E-state index is 11.4. The van der Waals surface area contributed by atoms with E-state index < -0.39 is 5.91 Å². The van der Waals surface area contributed by atoms with Gasteiger partial charge < -0.3 is 14.9 Å². The smallest absolute Gasteiger partial charge is 0.316 e. The van der Waals surface area contributed by atoms with Crippen LogP contribution in [0, 0.1) is 0 Å². The van der Waals surface area contributed by atoms with E-state index in [1.165, 1.54) is 0 Å². The first-order valence-corrected chi connectivity index (χ1v) is 4.94. The number of carbonyl (C=O) groups excluding carboxylic acids is 1. The first kappa shape index (κ1) is 11.2. The van der Waals surface area contributed by atoms with Gasteiger partial charge in [-0.05, 0) is 12.1 Å². The Morgan fingerprint density at radius 1 is 1.41 bits per heavy atom. The Balaban J connectivity index is 2.14. The fraction of sp³-hybridized carbons (Fsp3) is 0.200. The van der Waals surface area contributed by atoms with Crippen molar-refractivity contribution in [1.82, 2.24) is 20.4 Å². The Morgan fingerprint density at radius 2 is 2.18 bits per heavy atom. The number of carbonyl (C=O) groups is 1. The molecule has 0 atom stereocenters. The number of aliphatic hydroxyl groups is 1. The topological polar surface area (TPSA) is 101 Å². The van der Waals surface area contributed by atoms with Crippen molar-refractivity contribution in [3.05, 3.63) is 30.4 Å². The Bertz CT molecular complexity index is 497. The van der Waals surface area contributed by atoms with Crippen LogP contribution < -0.4 is 5.32 Å². The van der Waals surface area contributed by atoms with Crippen molar-refractivity contribution in [2.75, 3.05) is 13.2 Å². The molecular formula is C10H10N4O3. The molecule has 17 heavy (non-hydrogen) atoms. The zero-order valence-corrected chi connectivity index (χ0v) is 8.83. The molecule has 7 heteroatoms. The highest BCUT2D eigenvalue weighted by Crippen LogP contribution is 2.13. The molecule has 7 nitrogen and oxygen atoms in total. The van der Waals surface area contributed by atoms with Gasteiger partial charge in [-0.3, -0.25) is 9.78 Å². The molecule has 0 saturated heterocycles. The minimum atomic E-state index is -0.508. The first-order chi connectivity index (χ1) is 8.31. The van der Waals surface area contributed by atoms with Gasteiger partial charge in [0.05, 0.1) is 6.61 Å². The van der Waals surface area contributed by atoms with E-state index in [4.69, 9.17) is 9.63 Å². The van der Waals surface area contributed by atoms with E-state index in [1.807, 2.05) is 0 Å². The number of hydrogen-bond acceptors (Lipinski definition) is 6. The average molecular weight is 234 g/mol. The van der Waals surface area contributed by atoms with Gasteiger partial charge in [0, 0.05) is 24.5 Å². The van der Waals surface area contributed by atoms with Gasteiger partial charge in [0.2, 0.25) is 5.82 Å². The minimum absolute atomic E-state index is 0.134. The summed E-state index contributed by atoms with van der Waals surface area (Å²) in [4.78, 5) is 19.2. The summed E-state index contributed by atoms with van der Waals surface area (Å²) in [6, 6.07) is 3.42. The molecule has 2 rings (SSSR count). The second kappa shape index (κ2) is 5.17. The van der Waals surface area contributed by atoms with E-state index in [0.717, 1.165) is 0 Å². The van der Waals surface area contributed by atoms with Crippen LogP contribution in [-0.2, 0) is 0 Å². The fourth-order valence-corrected chi connectivity index (χ4v) is 1.18. The highest BCUT2D eigenvalue weighted by Gasteiger charge is 2.15. The lowest BCUT2D eigenvalue weighted by molar-refractivity contribution is 0.0901. The molecule has 0 radical (unpaired) electrons. The number of nitrogens with zero attached hydrogens (tertiary/aromatic N) is 3. The Morgan fingerprint density at radius 3 is 2.88 bits per heavy atom. The van der Waals surface area contributed by atoms with Crippen molar-refractivity contribution in [1.29, 1.82) is 0 Å². The lowest BCUT2D eigenvalue weighted by atomic mass is 10.2. The van der Waals surface area contributed by atoms with E-state index in [1.54, 1.807) is 24.5 Å². The van der Waals surface area contributed by atoms with E-state index in [-0.39, 0.29) is 19.0 Å². The van der Waals surface area contributed by atoms with Gasteiger partial charge in [-0.2, -0.15) is 4.98 Å². The molecule has 0 saturated carbocycles. The average Bonchev–Trinajstić information content (AvgIpc) is 2.86. The second-order valence-corrected chi connectivity index (χ2v) is 3.14. The van der Waals surface area contributed by atoms with Crippen molar-refractivity contribution in [2.45, 2.75) is 0 Å². The van der Waals surface area contributed by atoms with E-state index in [0.29, 0.717) is 11.4 Å². The van der Waals surface area contributed by atoms with Gasteiger partial charge >= 0.3 is 11.8 Å². The SMILES string of the molecule is O=C(NCCO)c1nc(-c2ccncc2)no1. The van der Waals surface area contributed by atoms with Gasteiger partial charge in [0.15, 0.2) is 0 Å². The molecule has 1 amide bonds. The Labute approximate surface area is 96.5 Å². The van der Waals surface area contributed by atoms with Crippen molar-refractivity contribution < 1.29 is 14.4 Å². The van der Waals surface area contributed by atoms with Gasteiger partial charge in [-0.15, -0.1) is 0 Å². The van der Waals surface area contributed by atoms with Gasteiger partial charge in [-0.1, -0.05) is 5.16 Å². The van der Waals surface area contributed by atoms with Crippen molar-refractivity contribution in [2.24, 2.45) is 0 Å². The zero-order chi connectivity index (χ0) is 12.1. The van der Waals surface area contributed by atoms with Crippen molar-refractivity contribution >= 4 is 5.91 Å². The molecule has 0 fully saturated rings. The molecular weight excluding hydrogens is 224 g/mol. The third kappa shape index (κ3) is 2.64. The number of aromatic nitrogens is 3. The van der Waals surface area contributed by atoms with Gasteiger partial charge in [0.25, 0.3) is 0 Å². The van der Waals surface area contributed by atoms with Crippen LogP contribution >= 0.6 is 0 Å². The number of pyridine rings is 1. The summed E-state index contributed by atoms with van der Waals surface area (Å²) in [6.07, 6.45) is 3.19. The van der Waals surface area contributed by atoms with Crippen molar-refractivity contribution in [3.8, 4) is 11.4 Å². The van der Waals surface area contributed by atoms with Crippen LogP contribution in [0.1, 0.15) is 10.7 Å². The molecule has 0 aromatic carbocycles. The summed E-state index contributed by atoms with van der Waals surface area (Å²) >= 11 is 0. The van der Waals surface area contributed by atoms with Crippen LogP contribution in [0.4, 0.5) is 0 Å². The number of amides is 1. The van der Waals surface area contributed by atoms with E-state index in [9.17, 15) is 4.79 Å². The molecule has 0 bridgehead atoms. The number of hydrogen-bond donors (Lipinski definition) is 2. The Kier molecular flexibility index (Phi) is 3.41. The Hall–Kier alpha value is -2.28. The van der Waals surface area contributed by atoms with Crippen LogP contribution in [0.3, 0.4) is 0 Å². The number of aliphatic hydroxyl groups excluding tert-OH is 1. The van der Waals surface area contributed by atoms with Crippen LogP contribution in [0.5, 0.6) is 0 Å². The maximum atomic E-state index is 11.4. The van der Waals surface area contributed by atoms with Gasteiger partial charge in [-0.25, -0.2) is 0 Å². The summed E-state index contributed by atoms with van der Waals surface area (Å²) in [5, 5.41) is 14.7. The third-order valence-electron chi connectivity index (χ3n) is 1.96. The minimum Gasteiger partial charge on any atom is -0.395 e. The first-order valence-electron chi connectivity index (χ1n) is 4.94. The van der Waals surface area contributed by atoms with Gasteiger partial charge in [0.1, 0.15) is 0 Å². The monoisotopic (exact) mass is 234 g/mol. The summed E-state index contributed by atoms with van der Waals surface area (Å²) in [5.74, 6) is -0.321. The summed E-state index contributed by atoms with van der Waals surface area (Å²) in [5.41, 5.74) is 0.713. The fourth-order valence-electron chi connectivity index (χ4n) is 1.18. The number of nitrogens with one attached hydrogen (secondary N) is 1. The highest BCUT2D eigenvalue weighted by molar-refractivity contribution is 5.89. The van der Waals surface area contributed by atoms with Crippen molar-refractivity contribution in [3.63, 3.8) is 0 Å². The zero-order valence-electron chi connectivity index (χ0n) is 8.83. The lowest BCUT2D eigenvalue weighted by Gasteiger charge is -1.96. The molecule has 0 unspecified atom stereocenters. The molecule has 0 aliphatic carbocycles. The predicted octanol–water partition coefficient (Wildman–Crippen LogP) is -0.146. The van der Waals surface area contributed by atoms with E-state index >= 15 is 0 Å². The molecule has 0 aliphatic heterocycles. The molecule has 2 aromatic rings. The number of rotatable bonds is 4. The largest absolute Gasteiger partial charge is 0.395 e. The lowest BCUT2D eigenvalue weighted by Crippen LogP contribution is -2.26. The third-order valence-corrected chi connectivity index (χ3v) is 1.96. The second-order valence-electron chi connectivity index (χ2n) is 3.14.